The summed E-state index contributed by atoms with van der Waals surface area (Å²) in [7, 11) is 0. The van der Waals surface area contributed by atoms with Crippen LogP contribution in [0, 0.1) is 0 Å². The highest BCUT2D eigenvalue weighted by Gasteiger charge is 2.38. The zero-order valence-corrected chi connectivity index (χ0v) is 7.66. The normalized spacial score (nSPS) is 28.3. The highest BCUT2D eigenvalue weighted by Crippen LogP contribution is 2.21. The van der Waals surface area contributed by atoms with Crippen molar-refractivity contribution in [2.75, 3.05) is 0 Å². The summed E-state index contributed by atoms with van der Waals surface area (Å²) < 4.78 is 9.94. The number of ether oxygens (including phenoxy) is 2. The van der Waals surface area contributed by atoms with E-state index >= 15 is 0 Å². The number of nitrogens with two attached hydrogens (primary N) is 1. The third-order valence-corrected chi connectivity index (χ3v) is 1.41. The second kappa shape index (κ2) is 3.03. The molecule has 1 aliphatic heterocycles. The van der Waals surface area contributed by atoms with Gasteiger partial charge in [0.25, 0.3) is 0 Å². The predicted octanol–water partition coefficient (Wildman–Crippen LogP) is 0.402. The molecule has 0 saturated carbocycles. The fourth-order valence-corrected chi connectivity index (χ4v) is 0.868. The molecule has 1 rings (SSSR count). The number of epoxide rings is 1. The molecule has 2 unspecified atom stereocenters. The van der Waals surface area contributed by atoms with Crippen molar-refractivity contribution in [3.05, 3.63) is 0 Å². The molecule has 0 spiro atoms. The summed E-state index contributed by atoms with van der Waals surface area (Å²) in [4.78, 5) is 11.1. The van der Waals surface area contributed by atoms with Gasteiger partial charge in [-0.05, 0) is 20.8 Å². The fourth-order valence-electron chi connectivity index (χ4n) is 0.868. The van der Waals surface area contributed by atoms with Gasteiger partial charge in [-0.2, -0.15) is 0 Å². The maximum atomic E-state index is 11.1. The largest absolute Gasteiger partial charge is 0.460 e. The molecule has 1 saturated heterocycles. The molecule has 0 amide bonds. The van der Waals surface area contributed by atoms with Crippen LogP contribution >= 0.6 is 0 Å². The first kappa shape index (κ1) is 9.48. The number of carbonyl (C=O) groups is 1. The monoisotopic (exact) mass is 173 g/mol. The van der Waals surface area contributed by atoms with E-state index in [4.69, 9.17) is 15.2 Å². The Morgan fingerprint density at radius 1 is 1.58 bits per heavy atom. The molecule has 4 nitrogen and oxygen atoms in total. The van der Waals surface area contributed by atoms with Gasteiger partial charge in [0.15, 0.2) is 0 Å². The van der Waals surface area contributed by atoms with E-state index in [1.165, 1.54) is 0 Å². The summed E-state index contributed by atoms with van der Waals surface area (Å²) in [6, 6.07) is 0. The molecule has 2 atom stereocenters. The van der Waals surface area contributed by atoms with E-state index in [9.17, 15) is 4.79 Å². The molecule has 0 aromatic heterocycles. The van der Waals surface area contributed by atoms with Gasteiger partial charge in [-0.15, -0.1) is 0 Å². The summed E-state index contributed by atoms with van der Waals surface area (Å²) in [6.07, 6.45) is -0.129. The molecular formula is C8H15NO3. The molecule has 0 aliphatic carbocycles. The third kappa shape index (κ3) is 3.19. The van der Waals surface area contributed by atoms with Crippen LogP contribution in [-0.4, -0.2) is 23.9 Å². The van der Waals surface area contributed by atoms with E-state index in [-0.39, 0.29) is 24.7 Å². The van der Waals surface area contributed by atoms with Gasteiger partial charge in [-0.1, -0.05) is 0 Å². The van der Waals surface area contributed by atoms with Crippen LogP contribution in [0.3, 0.4) is 0 Å². The smallest absolute Gasteiger partial charge is 0.309 e. The first-order chi connectivity index (χ1) is 5.38. The minimum Gasteiger partial charge on any atom is -0.460 e. The van der Waals surface area contributed by atoms with Gasteiger partial charge in [0.05, 0.1) is 6.42 Å². The summed E-state index contributed by atoms with van der Waals surface area (Å²) in [6.45, 7) is 5.50. The lowest BCUT2D eigenvalue weighted by molar-refractivity contribution is -0.155. The van der Waals surface area contributed by atoms with Gasteiger partial charge < -0.3 is 15.2 Å². The Bertz CT molecular complexity index is 185. The molecule has 1 heterocycles. The van der Waals surface area contributed by atoms with E-state index in [1.807, 2.05) is 20.8 Å². The Morgan fingerprint density at radius 3 is 2.42 bits per heavy atom. The molecule has 0 aromatic carbocycles. The lowest BCUT2D eigenvalue weighted by atomic mass is 10.2. The number of rotatable bonds is 2. The zero-order chi connectivity index (χ0) is 9.35. The number of esters is 1. The summed E-state index contributed by atoms with van der Waals surface area (Å²) >= 11 is 0. The van der Waals surface area contributed by atoms with Gasteiger partial charge in [0, 0.05) is 0 Å². The number of carbonyl (C=O) groups excluding carboxylic acids is 1. The number of hydrogen-bond acceptors (Lipinski definition) is 4. The maximum Gasteiger partial charge on any atom is 0.309 e. The fraction of sp³-hybridized carbons (Fsp3) is 0.875. The highest BCUT2D eigenvalue weighted by atomic mass is 16.6. The van der Waals surface area contributed by atoms with Crippen LogP contribution in [0.15, 0.2) is 0 Å². The first-order valence-electron chi connectivity index (χ1n) is 4.01. The minimum absolute atomic E-state index is 0.125. The second-order valence-corrected chi connectivity index (χ2v) is 3.93. The lowest BCUT2D eigenvalue weighted by Crippen LogP contribution is -2.25. The lowest BCUT2D eigenvalue weighted by Gasteiger charge is -2.18. The topological polar surface area (TPSA) is 64.8 Å². The highest BCUT2D eigenvalue weighted by molar-refractivity contribution is 5.70. The molecule has 1 aliphatic rings. The summed E-state index contributed by atoms with van der Waals surface area (Å²) in [5.74, 6) is -0.250. The standard InChI is InChI=1S/C8H15NO3/c1-8(2,3)12-6(10)4-5-7(9)11-5/h5,7H,4,9H2,1-3H3. The Morgan fingerprint density at radius 2 is 2.08 bits per heavy atom. The Hall–Kier alpha value is -0.610. The number of hydrogen-bond donors (Lipinski definition) is 1. The predicted molar refractivity (Wildman–Crippen MR) is 43.3 cm³/mol. The van der Waals surface area contributed by atoms with E-state index in [1.54, 1.807) is 0 Å². The Kier molecular flexibility index (Phi) is 2.39. The third-order valence-electron chi connectivity index (χ3n) is 1.41. The second-order valence-electron chi connectivity index (χ2n) is 3.93. The maximum absolute atomic E-state index is 11.1. The molecular weight excluding hydrogens is 158 g/mol. The SMILES string of the molecule is CC(C)(C)OC(=O)CC1OC1N. The summed E-state index contributed by atoms with van der Waals surface area (Å²) in [5, 5.41) is 0. The minimum atomic E-state index is -0.421. The van der Waals surface area contributed by atoms with Crippen LogP contribution in [0.4, 0.5) is 0 Å². The van der Waals surface area contributed by atoms with E-state index in [0.29, 0.717) is 0 Å². The van der Waals surface area contributed by atoms with Crippen molar-refractivity contribution < 1.29 is 14.3 Å². The van der Waals surface area contributed by atoms with E-state index < -0.39 is 5.60 Å². The average Bonchev–Trinajstić information content (AvgIpc) is 2.40. The molecule has 2 N–H and O–H groups in total. The van der Waals surface area contributed by atoms with Crippen LogP contribution in [0.1, 0.15) is 27.2 Å². The van der Waals surface area contributed by atoms with Gasteiger partial charge in [-0.3, -0.25) is 4.79 Å². The molecule has 1 fully saturated rings. The average molecular weight is 173 g/mol. The van der Waals surface area contributed by atoms with Crippen molar-refractivity contribution in [3.8, 4) is 0 Å². The first-order valence-corrected chi connectivity index (χ1v) is 4.01. The van der Waals surface area contributed by atoms with Gasteiger partial charge in [0.1, 0.15) is 17.9 Å². The van der Waals surface area contributed by atoms with Crippen LogP contribution in [0.25, 0.3) is 0 Å². The van der Waals surface area contributed by atoms with Crippen LogP contribution in [0.5, 0.6) is 0 Å². The van der Waals surface area contributed by atoms with Crippen LogP contribution in [0.2, 0.25) is 0 Å². The van der Waals surface area contributed by atoms with Crippen molar-refractivity contribution in [1.82, 2.24) is 0 Å². The molecule has 0 bridgehead atoms. The van der Waals surface area contributed by atoms with Crippen molar-refractivity contribution in [3.63, 3.8) is 0 Å². The molecule has 4 heteroatoms. The van der Waals surface area contributed by atoms with Crippen molar-refractivity contribution in [2.24, 2.45) is 5.73 Å². The van der Waals surface area contributed by atoms with Gasteiger partial charge in [0.2, 0.25) is 0 Å². The van der Waals surface area contributed by atoms with E-state index in [0.717, 1.165) is 0 Å². The van der Waals surface area contributed by atoms with E-state index in [2.05, 4.69) is 0 Å². The molecule has 0 radical (unpaired) electrons. The van der Waals surface area contributed by atoms with Crippen LogP contribution in [-0.2, 0) is 14.3 Å². The molecule has 70 valence electrons. The Labute approximate surface area is 72.0 Å². The van der Waals surface area contributed by atoms with Crippen LogP contribution < -0.4 is 5.73 Å². The van der Waals surface area contributed by atoms with Crippen molar-refractivity contribution >= 4 is 5.97 Å². The summed E-state index contributed by atoms with van der Waals surface area (Å²) in [5.41, 5.74) is 4.93. The molecule has 0 aromatic rings. The van der Waals surface area contributed by atoms with Crippen molar-refractivity contribution in [1.29, 1.82) is 0 Å². The van der Waals surface area contributed by atoms with Gasteiger partial charge in [-0.25, -0.2) is 0 Å². The van der Waals surface area contributed by atoms with Crippen molar-refractivity contribution in [2.45, 2.75) is 45.1 Å². The quantitative estimate of drug-likeness (QED) is 0.485. The molecule has 12 heavy (non-hydrogen) atoms. The Balaban J connectivity index is 2.21. The zero-order valence-electron chi connectivity index (χ0n) is 7.66. The van der Waals surface area contributed by atoms with Gasteiger partial charge >= 0.3 is 5.97 Å².